The lowest BCUT2D eigenvalue weighted by Crippen LogP contribution is -2.52. The summed E-state index contributed by atoms with van der Waals surface area (Å²) in [4.78, 5) is 26.8. The highest BCUT2D eigenvalue weighted by molar-refractivity contribution is 5.77. The summed E-state index contributed by atoms with van der Waals surface area (Å²) in [5.74, 6) is 5.54. The molecule has 1 saturated heterocycles. The van der Waals surface area contributed by atoms with E-state index in [1.165, 1.54) is 38.5 Å². The standard InChI is InChI=1S/C24H32N6O/c1-17-26-21(12-22(27-17)30-4-2-3-25-30)28-5-7-29(8-6-28)23(31)16-24-13-18-9-19(14-24)11-20(10-18)15-24/h2-4,12,18-20H,5-11,13-16H2,1H3. The summed E-state index contributed by atoms with van der Waals surface area (Å²) in [6, 6.07) is 3.89. The van der Waals surface area contributed by atoms with Crippen LogP contribution in [0.2, 0.25) is 0 Å². The molecule has 7 rings (SSSR count). The summed E-state index contributed by atoms with van der Waals surface area (Å²) in [7, 11) is 0. The van der Waals surface area contributed by atoms with Crippen molar-refractivity contribution in [3.63, 3.8) is 0 Å². The van der Waals surface area contributed by atoms with Crippen molar-refractivity contribution in [2.45, 2.75) is 51.9 Å². The lowest BCUT2D eigenvalue weighted by Gasteiger charge is -2.57. The molecule has 1 amide bonds. The van der Waals surface area contributed by atoms with E-state index in [2.05, 4.69) is 24.9 Å². The van der Waals surface area contributed by atoms with Crippen LogP contribution in [0.3, 0.4) is 0 Å². The molecule has 2 aromatic rings. The molecule has 0 radical (unpaired) electrons. The second kappa shape index (κ2) is 7.31. The Morgan fingerprint density at radius 3 is 2.26 bits per heavy atom. The average molecular weight is 421 g/mol. The van der Waals surface area contributed by atoms with Crippen molar-refractivity contribution < 1.29 is 4.79 Å². The molecule has 0 N–H and O–H groups in total. The summed E-state index contributed by atoms with van der Waals surface area (Å²) in [5, 5.41) is 4.29. The van der Waals surface area contributed by atoms with Crippen molar-refractivity contribution in [3.05, 3.63) is 30.4 Å². The van der Waals surface area contributed by atoms with Crippen molar-refractivity contribution in [2.75, 3.05) is 31.1 Å². The first-order chi connectivity index (χ1) is 15.1. The molecule has 0 aromatic carbocycles. The van der Waals surface area contributed by atoms with Crippen LogP contribution in [0.4, 0.5) is 5.82 Å². The minimum absolute atomic E-state index is 0.325. The van der Waals surface area contributed by atoms with E-state index in [0.29, 0.717) is 11.3 Å². The molecule has 5 fully saturated rings. The van der Waals surface area contributed by atoms with Crippen LogP contribution in [0.15, 0.2) is 24.5 Å². The molecule has 4 saturated carbocycles. The van der Waals surface area contributed by atoms with Crippen LogP contribution >= 0.6 is 0 Å². The molecule has 4 bridgehead atoms. The first-order valence-electron chi connectivity index (χ1n) is 11.9. The van der Waals surface area contributed by atoms with Crippen LogP contribution in [-0.2, 0) is 4.79 Å². The smallest absolute Gasteiger partial charge is 0.223 e. The number of anilines is 1. The van der Waals surface area contributed by atoms with E-state index in [0.717, 1.165) is 67.8 Å². The largest absolute Gasteiger partial charge is 0.353 e. The molecule has 2 aromatic heterocycles. The Hall–Kier alpha value is -2.44. The molecular formula is C24H32N6O. The number of aromatic nitrogens is 4. The minimum atomic E-state index is 0.325. The Morgan fingerprint density at radius 2 is 1.65 bits per heavy atom. The number of hydrogen-bond acceptors (Lipinski definition) is 5. The van der Waals surface area contributed by atoms with Gasteiger partial charge in [-0.3, -0.25) is 4.79 Å². The number of rotatable bonds is 4. The number of piperazine rings is 1. The van der Waals surface area contributed by atoms with Gasteiger partial charge in [-0.2, -0.15) is 5.10 Å². The number of hydrogen-bond donors (Lipinski definition) is 0. The normalized spacial score (nSPS) is 32.0. The maximum Gasteiger partial charge on any atom is 0.223 e. The number of carbonyl (C=O) groups is 1. The van der Waals surface area contributed by atoms with Crippen LogP contribution in [-0.4, -0.2) is 56.7 Å². The highest BCUT2D eigenvalue weighted by Crippen LogP contribution is 2.61. The van der Waals surface area contributed by atoms with Crippen LogP contribution in [0.1, 0.15) is 50.8 Å². The van der Waals surface area contributed by atoms with Gasteiger partial charge in [0.05, 0.1) is 0 Å². The van der Waals surface area contributed by atoms with Crippen LogP contribution in [0, 0.1) is 30.1 Å². The number of carbonyl (C=O) groups excluding carboxylic acids is 1. The van der Waals surface area contributed by atoms with Gasteiger partial charge in [0, 0.05) is 51.1 Å². The molecule has 0 unspecified atom stereocenters. The highest BCUT2D eigenvalue weighted by Gasteiger charge is 2.51. The van der Waals surface area contributed by atoms with Gasteiger partial charge in [-0.1, -0.05) is 0 Å². The Labute approximate surface area is 183 Å². The third kappa shape index (κ3) is 3.62. The van der Waals surface area contributed by atoms with E-state index in [-0.39, 0.29) is 0 Å². The van der Waals surface area contributed by atoms with Crippen LogP contribution < -0.4 is 4.90 Å². The molecule has 3 heterocycles. The average Bonchev–Trinajstić information content (AvgIpc) is 3.27. The quantitative estimate of drug-likeness (QED) is 0.760. The molecule has 7 heteroatoms. The van der Waals surface area contributed by atoms with Crippen LogP contribution in [0.25, 0.3) is 5.82 Å². The zero-order valence-electron chi connectivity index (χ0n) is 18.4. The van der Waals surface area contributed by atoms with Gasteiger partial charge in [-0.15, -0.1) is 0 Å². The molecule has 7 nitrogen and oxygen atoms in total. The first-order valence-corrected chi connectivity index (χ1v) is 11.9. The fraction of sp³-hybridized carbons (Fsp3) is 0.667. The molecule has 0 spiro atoms. The van der Waals surface area contributed by atoms with E-state index in [1.807, 2.05) is 25.3 Å². The highest BCUT2D eigenvalue weighted by atomic mass is 16.2. The van der Waals surface area contributed by atoms with E-state index < -0.39 is 0 Å². The zero-order chi connectivity index (χ0) is 21.0. The summed E-state index contributed by atoms with van der Waals surface area (Å²) in [5.41, 5.74) is 0.325. The van der Waals surface area contributed by atoms with Crippen molar-refractivity contribution >= 4 is 11.7 Å². The molecule has 1 aliphatic heterocycles. The van der Waals surface area contributed by atoms with Gasteiger partial charge in [0.25, 0.3) is 0 Å². The first kappa shape index (κ1) is 19.3. The van der Waals surface area contributed by atoms with Gasteiger partial charge < -0.3 is 9.80 Å². The minimum Gasteiger partial charge on any atom is -0.353 e. The summed E-state index contributed by atoms with van der Waals surface area (Å²) >= 11 is 0. The fourth-order valence-corrected chi connectivity index (χ4v) is 7.34. The third-order valence-electron chi connectivity index (χ3n) is 8.20. The molecule has 4 aliphatic carbocycles. The SMILES string of the molecule is Cc1nc(N2CCN(C(=O)CC34CC5CC(CC(C5)C3)C4)CC2)cc(-n2cccn2)n1. The van der Waals surface area contributed by atoms with Gasteiger partial charge in [0.2, 0.25) is 5.91 Å². The fourth-order valence-electron chi connectivity index (χ4n) is 7.34. The lowest BCUT2D eigenvalue weighted by molar-refractivity contribution is -0.139. The van der Waals surface area contributed by atoms with Crippen LogP contribution in [0.5, 0.6) is 0 Å². The molecule has 5 aliphatic rings. The van der Waals surface area contributed by atoms with Gasteiger partial charge in [0.1, 0.15) is 11.6 Å². The second-order valence-electron chi connectivity index (χ2n) is 10.5. The summed E-state index contributed by atoms with van der Waals surface area (Å²) in [6.45, 7) is 5.13. The van der Waals surface area contributed by atoms with Gasteiger partial charge >= 0.3 is 0 Å². The Balaban J connectivity index is 1.10. The zero-order valence-corrected chi connectivity index (χ0v) is 18.4. The summed E-state index contributed by atoms with van der Waals surface area (Å²) in [6.07, 6.45) is 12.7. The predicted molar refractivity (Wildman–Crippen MR) is 118 cm³/mol. The maximum absolute atomic E-state index is 13.3. The second-order valence-corrected chi connectivity index (χ2v) is 10.5. The summed E-state index contributed by atoms with van der Waals surface area (Å²) < 4.78 is 1.77. The Morgan fingerprint density at radius 1 is 1.00 bits per heavy atom. The van der Waals surface area contributed by atoms with E-state index in [1.54, 1.807) is 10.9 Å². The topological polar surface area (TPSA) is 67.2 Å². The van der Waals surface area contributed by atoms with Crippen molar-refractivity contribution in [1.82, 2.24) is 24.6 Å². The third-order valence-corrected chi connectivity index (χ3v) is 8.20. The van der Waals surface area contributed by atoms with E-state index >= 15 is 0 Å². The molecule has 0 atom stereocenters. The van der Waals surface area contributed by atoms with Crippen molar-refractivity contribution in [1.29, 1.82) is 0 Å². The molecular weight excluding hydrogens is 388 g/mol. The van der Waals surface area contributed by atoms with E-state index in [4.69, 9.17) is 0 Å². The monoisotopic (exact) mass is 420 g/mol. The Kier molecular flexibility index (Phi) is 4.54. The van der Waals surface area contributed by atoms with Crippen molar-refractivity contribution in [2.24, 2.45) is 23.2 Å². The Bertz CT molecular complexity index is 927. The molecule has 31 heavy (non-hydrogen) atoms. The van der Waals surface area contributed by atoms with Gasteiger partial charge in [0.15, 0.2) is 5.82 Å². The predicted octanol–water partition coefficient (Wildman–Crippen LogP) is 3.23. The number of nitrogens with zero attached hydrogens (tertiary/aromatic N) is 6. The maximum atomic E-state index is 13.3. The van der Waals surface area contributed by atoms with Gasteiger partial charge in [-0.05, 0) is 74.7 Å². The van der Waals surface area contributed by atoms with Gasteiger partial charge in [-0.25, -0.2) is 14.6 Å². The number of aryl methyl sites for hydroxylation is 1. The molecule has 164 valence electrons. The number of amides is 1. The lowest BCUT2D eigenvalue weighted by atomic mass is 9.49. The van der Waals surface area contributed by atoms with Crippen molar-refractivity contribution in [3.8, 4) is 5.82 Å². The van der Waals surface area contributed by atoms with E-state index in [9.17, 15) is 4.79 Å².